The molecule has 0 amide bonds. The van der Waals surface area contributed by atoms with Crippen molar-refractivity contribution in [2.24, 2.45) is 5.41 Å². The molecule has 1 rings (SSSR count). The first-order chi connectivity index (χ1) is 4.41. The molecule has 5 heteroatoms. The molecule has 0 aromatic rings. The van der Waals surface area contributed by atoms with E-state index in [1.165, 1.54) is 0 Å². The molecule has 0 aromatic carbocycles. The summed E-state index contributed by atoms with van der Waals surface area (Å²) in [5.74, 6) is 0. The van der Waals surface area contributed by atoms with Crippen molar-refractivity contribution in [3.05, 3.63) is 0 Å². The molecule has 1 radical (unpaired) electrons. The van der Waals surface area contributed by atoms with Crippen molar-refractivity contribution in [2.75, 3.05) is 13.2 Å². The van der Waals surface area contributed by atoms with Crippen molar-refractivity contribution >= 4 is 22.1 Å². The Balaban J connectivity index is 2.46. The predicted molar refractivity (Wildman–Crippen MR) is 43.8 cm³/mol. The molecule has 1 N–H and O–H groups in total. The molecule has 61 valence electrons. The van der Waals surface area contributed by atoms with Gasteiger partial charge in [0, 0.05) is 20.9 Å². The average molecular weight is 230 g/mol. The smallest absolute Gasteiger partial charge is 0.299 e. The summed E-state index contributed by atoms with van der Waals surface area (Å²) >= 11 is 2.97. The van der Waals surface area contributed by atoms with Crippen LogP contribution in [0.1, 0.15) is 13.8 Å². The van der Waals surface area contributed by atoms with Gasteiger partial charge in [0.25, 0.3) is 6.65 Å². The number of hydrogen-bond donors (Lipinski definition) is 1. The second-order valence-electron chi connectivity index (χ2n) is 3.16. The molecule has 0 aromatic heterocycles. The summed E-state index contributed by atoms with van der Waals surface area (Å²) in [5.41, 5.74) is 0.0278. The Morgan fingerprint density at radius 2 is 1.80 bits per heavy atom. The fraction of sp³-hybridized carbons (Fsp3) is 1.00. The van der Waals surface area contributed by atoms with E-state index in [2.05, 4.69) is 15.5 Å². The summed E-state index contributed by atoms with van der Waals surface area (Å²) in [6, 6.07) is 0. The Morgan fingerprint density at radius 1 is 1.40 bits per heavy atom. The van der Waals surface area contributed by atoms with Crippen LogP contribution in [-0.4, -0.2) is 18.1 Å². The molecule has 0 saturated carbocycles. The Bertz CT molecular complexity index is 109. The molecule has 1 aliphatic rings. The molecule has 0 bridgehead atoms. The number of rotatable bonds is 0. The summed E-state index contributed by atoms with van der Waals surface area (Å²) in [5, 5.41) is 0. The molecule has 1 heterocycles. The minimum Gasteiger partial charge on any atom is -0.328 e. The molecule has 3 nitrogen and oxygen atoms in total. The van der Waals surface area contributed by atoms with Crippen LogP contribution >= 0.6 is 22.1 Å². The molecule has 10 heavy (non-hydrogen) atoms. The van der Waals surface area contributed by atoms with E-state index in [0.717, 1.165) is 0 Å². The van der Waals surface area contributed by atoms with Gasteiger partial charge in [-0.25, -0.2) is 0 Å². The maximum atomic E-state index is 9.19. The van der Waals surface area contributed by atoms with Crippen LogP contribution < -0.4 is 0 Å². The maximum Gasteiger partial charge on any atom is 0.299 e. The minimum atomic E-state index is -2.60. The van der Waals surface area contributed by atoms with E-state index in [9.17, 15) is 4.89 Å². The molecule has 1 fully saturated rings. The van der Waals surface area contributed by atoms with Gasteiger partial charge in [0.05, 0.1) is 13.2 Å². The third-order valence-corrected chi connectivity index (χ3v) is 3.35. The normalized spacial score (nSPS) is 30.0. The molecule has 0 unspecified atom stereocenters. The van der Waals surface area contributed by atoms with Gasteiger partial charge in [-0.05, 0) is 0 Å². The van der Waals surface area contributed by atoms with E-state index >= 15 is 0 Å². The first-order valence-electron chi connectivity index (χ1n) is 3.02. The first kappa shape index (κ1) is 8.88. The van der Waals surface area contributed by atoms with Crippen molar-refractivity contribution in [1.82, 2.24) is 0 Å². The fourth-order valence-electron chi connectivity index (χ4n) is 0.588. The second kappa shape index (κ2) is 2.68. The van der Waals surface area contributed by atoms with E-state index < -0.39 is 6.65 Å². The zero-order chi connectivity index (χ0) is 7.83. The third-order valence-electron chi connectivity index (χ3n) is 1.23. The molecule has 0 aliphatic carbocycles. The summed E-state index contributed by atoms with van der Waals surface area (Å²) in [6.45, 7) is 2.54. The van der Waals surface area contributed by atoms with Gasteiger partial charge >= 0.3 is 0 Å². The topological polar surface area (TPSA) is 38.7 Å². The summed E-state index contributed by atoms with van der Waals surface area (Å²) in [6.07, 6.45) is 0. The maximum absolute atomic E-state index is 9.19. The van der Waals surface area contributed by atoms with Crippen LogP contribution in [0, 0.1) is 5.41 Å². The molecule has 0 atom stereocenters. The lowest BCUT2D eigenvalue weighted by atomic mass is 9.97. The van der Waals surface area contributed by atoms with E-state index in [1.54, 1.807) is 0 Å². The highest BCUT2D eigenvalue weighted by Gasteiger charge is 2.35. The van der Waals surface area contributed by atoms with Crippen LogP contribution in [0.4, 0.5) is 0 Å². The Kier molecular flexibility index (Phi) is 2.38. The van der Waals surface area contributed by atoms with Crippen LogP contribution in [0.25, 0.3) is 0 Å². The van der Waals surface area contributed by atoms with Gasteiger partial charge in [-0.1, -0.05) is 13.8 Å². The van der Waals surface area contributed by atoms with E-state index in [4.69, 9.17) is 9.05 Å². The number of hydrogen-bond acceptors (Lipinski definition) is 3. The van der Waals surface area contributed by atoms with Gasteiger partial charge in [-0.2, -0.15) is 0 Å². The molecule has 1 aliphatic heterocycles. The molecular formula is C5H11BrO3P. The van der Waals surface area contributed by atoms with Gasteiger partial charge < -0.3 is 13.9 Å². The average Bonchev–Trinajstić information content (AvgIpc) is 1.79. The van der Waals surface area contributed by atoms with Crippen molar-refractivity contribution in [3.63, 3.8) is 0 Å². The summed E-state index contributed by atoms with van der Waals surface area (Å²) in [7, 11) is 0. The van der Waals surface area contributed by atoms with E-state index in [0.29, 0.717) is 13.2 Å². The zero-order valence-corrected chi connectivity index (χ0v) is 8.48. The van der Waals surface area contributed by atoms with Gasteiger partial charge in [0.1, 0.15) is 0 Å². The van der Waals surface area contributed by atoms with Crippen LogP contribution in [0.3, 0.4) is 0 Å². The zero-order valence-electron chi connectivity index (χ0n) is 6.00. The number of halogens is 1. The lowest BCUT2D eigenvalue weighted by molar-refractivity contribution is 0.0365. The molecule has 1 saturated heterocycles. The van der Waals surface area contributed by atoms with Gasteiger partial charge in [0.15, 0.2) is 0 Å². The van der Waals surface area contributed by atoms with Gasteiger partial charge in [-0.15, -0.1) is 0 Å². The van der Waals surface area contributed by atoms with Crippen molar-refractivity contribution < 1.29 is 13.9 Å². The highest BCUT2D eigenvalue weighted by atomic mass is 79.9. The van der Waals surface area contributed by atoms with Crippen LogP contribution in [0.15, 0.2) is 0 Å². The van der Waals surface area contributed by atoms with Crippen LogP contribution in [0.5, 0.6) is 0 Å². The lowest BCUT2D eigenvalue weighted by Crippen LogP contribution is -2.29. The van der Waals surface area contributed by atoms with E-state index in [1.807, 2.05) is 13.8 Å². The van der Waals surface area contributed by atoms with Crippen molar-refractivity contribution in [1.29, 1.82) is 0 Å². The Labute approximate surface area is 69.0 Å². The second-order valence-corrected chi connectivity index (χ2v) is 7.27. The highest BCUT2D eigenvalue weighted by molar-refractivity contribution is 9.40. The standard InChI is InChI=1S/C5H11BrO3P/c1-5(2)3-8-10(6,7)9-4-5/h7H,3-4H2,1-2H3. The Morgan fingerprint density at radius 3 is 2.10 bits per heavy atom. The molecule has 0 spiro atoms. The summed E-state index contributed by atoms with van der Waals surface area (Å²) in [4.78, 5) is 9.19. The van der Waals surface area contributed by atoms with Gasteiger partial charge in [0.2, 0.25) is 0 Å². The highest BCUT2D eigenvalue weighted by Crippen LogP contribution is 2.67. The lowest BCUT2D eigenvalue weighted by Gasteiger charge is -2.36. The third kappa shape index (κ3) is 2.44. The SMILES string of the molecule is CC1(C)CO[P](O)(Br)OC1. The quantitative estimate of drug-likeness (QED) is 0.647. The monoisotopic (exact) mass is 229 g/mol. The summed E-state index contributed by atoms with van der Waals surface area (Å²) < 4.78 is 10.1. The van der Waals surface area contributed by atoms with Crippen LogP contribution in [0.2, 0.25) is 0 Å². The van der Waals surface area contributed by atoms with Crippen LogP contribution in [-0.2, 0) is 9.05 Å². The fourth-order valence-corrected chi connectivity index (χ4v) is 2.29. The van der Waals surface area contributed by atoms with Crippen molar-refractivity contribution in [3.8, 4) is 0 Å². The van der Waals surface area contributed by atoms with Crippen molar-refractivity contribution in [2.45, 2.75) is 13.8 Å². The van der Waals surface area contributed by atoms with Gasteiger partial charge in [-0.3, -0.25) is 0 Å². The minimum absolute atomic E-state index is 0.0278. The predicted octanol–water partition coefficient (Wildman–Crippen LogP) is 2.12. The Hall–Kier alpha value is 0.790. The first-order valence-corrected chi connectivity index (χ1v) is 6.61. The largest absolute Gasteiger partial charge is 0.328 e. The van der Waals surface area contributed by atoms with E-state index in [-0.39, 0.29) is 5.41 Å². The molecular weight excluding hydrogens is 219 g/mol.